The molecule has 0 aliphatic carbocycles. The molecule has 0 unspecified atom stereocenters. The minimum atomic E-state index is -3.80. The van der Waals surface area contributed by atoms with E-state index in [0.29, 0.717) is 49.9 Å². The fourth-order valence-corrected chi connectivity index (χ4v) is 7.15. The first kappa shape index (κ1) is 33.0. The van der Waals surface area contributed by atoms with E-state index in [1.165, 1.54) is 30.3 Å². The van der Waals surface area contributed by atoms with Crippen LogP contribution < -0.4 is 24.3 Å². The van der Waals surface area contributed by atoms with E-state index in [1.54, 1.807) is 23.2 Å². The molecule has 2 aromatic heterocycles. The monoisotopic (exact) mass is 676 g/mol. The van der Waals surface area contributed by atoms with E-state index in [9.17, 15) is 13.2 Å². The Balaban J connectivity index is 0.000000173. The van der Waals surface area contributed by atoms with E-state index < -0.39 is 15.6 Å². The number of rotatable bonds is 4. The summed E-state index contributed by atoms with van der Waals surface area (Å²) in [5.41, 5.74) is 3.15. The molecule has 2 aliphatic rings. The van der Waals surface area contributed by atoms with Gasteiger partial charge in [0, 0.05) is 59.0 Å². The predicted octanol–water partition coefficient (Wildman–Crippen LogP) is 5.67. The van der Waals surface area contributed by atoms with E-state index in [1.807, 2.05) is 57.3 Å². The summed E-state index contributed by atoms with van der Waals surface area (Å²) in [6, 6.07) is 15.9. The molecule has 0 fully saturated rings. The summed E-state index contributed by atoms with van der Waals surface area (Å²) >= 11 is 0. The van der Waals surface area contributed by atoms with Gasteiger partial charge in [-0.3, -0.25) is 0 Å². The van der Waals surface area contributed by atoms with Gasteiger partial charge in [-0.05, 0) is 69.3 Å². The number of carbonyl (C=O) groups is 1. The molecule has 1 amide bonds. The summed E-state index contributed by atoms with van der Waals surface area (Å²) in [4.78, 5) is 17.3. The number of methoxy groups -OCH3 is 2. The van der Waals surface area contributed by atoms with Crippen LogP contribution in [0.25, 0.3) is 21.8 Å². The van der Waals surface area contributed by atoms with Gasteiger partial charge in [-0.1, -0.05) is 0 Å². The zero-order valence-electron chi connectivity index (χ0n) is 27.7. The van der Waals surface area contributed by atoms with Crippen molar-refractivity contribution in [2.75, 3.05) is 40.5 Å². The van der Waals surface area contributed by atoms with Crippen LogP contribution in [0.5, 0.6) is 23.0 Å². The SMILES string of the molecule is CC(C)(C)OC(=O)N1CCOc2ccc3[nH]ccc3c2C1.COc1ccc(S(=O)(=O)n2ccc3c4c(ccc32)OCCNC4)cc1OC. The van der Waals surface area contributed by atoms with Crippen molar-refractivity contribution >= 4 is 37.9 Å². The normalized spacial score (nSPS) is 14.7. The summed E-state index contributed by atoms with van der Waals surface area (Å²) < 4.78 is 55.2. The van der Waals surface area contributed by atoms with Crippen LogP contribution in [0.2, 0.25) is 0 Å². The molecule has 5 aromatic rings. The van der Waals surface area contributed by atoms with Gasteiger partial charge in [0.05, 0.1) is 37.7 Å². The van der Waals surface area contributed by atoms with Crippen LogP contribution in [-0.2, 0) is 27.8 Å². The number of ether oxygens (including phenoxy) is 5. The Kier molecular flexibility index (Phi) is 9.17. The first-order valence-corrected chi connectivity index (χ1v) is 17.1. The third kappa shape index (κ3) is 6.60. The van der Waals surface area contributed by atoms with Gasteiger partial charge in [-0.25, -0.2) is 17.2 Å². The van der Waals surface area contributed by atoms with Crippen LogP contribution in [-0.4, -0.2) is 74.5 Å². The van der Waals surface area contributed by atoms with Crippen molar-refractivity contribution in [2.45, 2.75) is 44.4 Å². The zero-order valence-corrected chi connectivity index (χ0v) is 28.5. The molecule has 48 heavy (non-hydrogen) atoms. The number of carbonyl (C=O) groups excluding carboxylic acids is 1. The lowest BCUT2D eigenvalue weighted by molar-refractivity contribution is 0.0226. The van der Waals surface area contributed by atoms with Gasteiger partial charge < -0.3 is 38.9 Å². The average Bonchev–Trinajstić information content (AvgIpc) is 3.58. The van der Waals surface area contributed by atoms with Gasteiger partial charge in [0.2, 0.25) is 0 Å². The second-order valence-corrected chi connectivity index (χ2v) is 14.2. The van der Waals surface area contributed by atoms with E-state index in [4.69, 9.17) is 23.7 Å². The second kappa shape index (κ2) is 13.3. The fourth-order valence-electron chi connectivity index (χ4n) is 5.79. The number of aromatic nitrogens is 2. The molecule has 2 aliphatic heterocycles. The summed E-state index contributed by atoms with van der Waals surface area (Å²) in [6.45, 7) is 9.08. The number of aromatic amines is 1. The van der Waals surface area contributed by atoms with Gasteiger partial charge in [0.25, 0.3) is 10.0 Å². The maximum absolute atomic E-state index is 13.2. The Morgan fingerprint density at radius 2 is 1.62 bits per heavy atom. The van der Waals surface area contributed by atoms with E-state index in [2.05, 4.69) is 10.3 Å². The summed E-state index contributed by atoms with van der Waals surface area (Å²) in [6.07, 6.45) is 3.17. The Morgan fingerprint density at radius 1 is 0.875 bits per heavy atom. The lowest BCUT2D eigenvalue weighted by Gasteiger charge is -2.26. The van der Waals surface area contributed by atoms with Gasteiger partial charge in [0.1, 0.15) is 30.3 Å². The maximum atomic E-state index is 13.2. The van der Waals surface area contributed by atoms with Crippen LogP contribution in [0.1, 0.15) is 31.9 Å². The van der Waals surface area contributed by atoms with Gasteiger partial charge in [-0.15, -0.1) is 0 Å². The molecule has 0 spiro atoms. The predicted molar refractivity (Wildman–Crippen MR) is 182 cm³/mol. The first-order valence-electron chi connectivity index (χ1n) is 15.6. The molecule has 7 rings (SSSR count). The zero-order chi connectivity index (χ0) is 34.1. The molecule has 0 saturated heterocycles. The lowest BCUT2D eigenvalue weighted by Crippen LogP contribution is -2.37. The summed E-state index contributed by atoms with van der Waals surface area (Å²) in [7, 11) is -0.815. The number of hydrogen-bond donors (Lipinski definition) is 2. The number of hydrogen-bond acceptors (Lipinski definition) is 9. The second-order valence-electron chi connectivity index (χ2n) is 12.4. The molecule has 0 bridgehead atoms. The third-order valence-corrected chi connectivity index (χ3v) is 9.76. The number of nitrogens with zero attached hydrogens (tertiary/aromatic N) is 2. The van der Waals surface area contributed by atoms with Crippen molar-refractivity contribution in [3.63, 3.8) is 0 Å². The van der Waals surface area contributed by atoms with Crippen molar-refractivity contribution in [1.29, 1.82) is 0 Å². The number of amides is 1. The summed E-state index contributed by atoms with van der Waals surface area (Å²) in [5, 5.41) is 5.23. The highest BCUT2D eigenvalue weighted by atomic mass is 32.2. The first-order chi connectivity index (χ1) is 23.0. The molecular formula is C35H40N4O8S. The lowest BCUT2D eigenvalue weighted by atomic mass is 10.1. The quantitative estimate of drug-likeness (QED) is 0.247. The Labute approximate surface area is 279 Å². The molecule has 0 atom stereocenters. The molecule has 0 saturated carbocycles. The van der Waals surface area contributed by atoms with Crippen LogP contribution in [0.4, 0.5) is 4.79 Å². The highest BCUT2D eigenvalue weighted by Crippen LogP contribution is 2.35. The molecule has 4 heterocycles. The van der Waals surface area contributed by atoms with Gasteiger partial charge in [-0.2, -0.15) is 0 Å². The standard InChI is InChI=1S/C19H20N2O5S.C16H20N2O3/c1-24-18-5-3-13(11-19(18)25-2)27(22,23)21-9-7-14-15-12-20-8-10-26-17(15)6-4-16(14)21;1-16(2,3)21-15(19)18-8-9-20-14-5-4-13-11(6-7-17-13)12(14)10-18/h3-7,9,11,20H,8,10,12H2,1-2H3;4-7,17H,8-10H2,1-3H3. The van der Waals surface area contributed by atoms with Crippen LogP contribution in [0.3, 0.4) is 0 Å². The maximum Gasteiger partial charge on any atom is 0.410 e. The molecule has 2 N–H and O–H groups in total. The molecule has 254 valence electrons. The van der Waals surface area contributed by atoms with Gasteiger partial charge >= 0.3 is 6.09 Å². The third-order valence-electron chi connectivity index (χ3n) is 8.08. The van der Waals surface area contributed by atoms with Crippen molar-refractivity contribution in [3.8, 4) is 23.0 Å². The Morgan fingerprint density at radius 3 is 2.40 bits per heavy atom. The fraction of sp³-hybridized carbons (Fsp3) is 0.343. The summed E-state index contributed by atoms with van der Waals surface area (Å²) in [5.74, 6) is 2.46. The molecule has 13 heteroatoms. The van der Waals surface area contributed by atoms with Crippen LogP contribution in [0, 0.1) is 0 Å². The van der Waals surface area contributed by atoms with E-state index in [0.717, 1.165) is 45.5 Å². The number of nitrogens with one attached hydrogen (secondary N) is 2. The van der Waals surface area contributed by atoms with Crippen molar-refractivity contribution in [3.05, 3.63) is 78.1 Å². The minimum Gasteiger partial charge on any atom is -0.493 e. The van der Waals surface area contributed by atoms with Crippen LogP contribution >= 0.6 is 0 Å². The molecule has 3 aromatic carbocycles. The largest absolute Gasteiger partial charge is 0.493 e. The van der Waals surface area contributed by atoms with Gasteiger partial charge in [0.15, 0.2) is 11.5 Å². The molecule has 0 radical (unpaired) electrons. The van der Waals surface area contributed by atoms with E-state index in [-0.39, 0.29) is 11.0 Å². The smallest absolute Gasteiger partial charge is 0.410 e. The average molecular weight is 677 g/mol. The topological polar surface area (TPSA) is 133 Å². The van der Waals surface area contributed by atoms with E-state index >= 15 is 0 Å². The highest BCUT2D eigenvalue weighted by molar-refractivity contribution is 7.90. The Bertz CT molecular complexity index is 2060. The van der Waals surface area contributed by atoms with Crippen LogP contribution in [0.15, 0.2) is 71.9 Å². The van der Waals surface area contributed by atoms with Crippen molar-refractivity contribution in [2.24, 2.45) is 0 Å². The number of fused-ring (bicyclic) bond motifs is 6. The van der Waals surface area contributed by atoms with Crippen molar-refractivity contribution in [1.82, 2.24) is 19.2 Å². The highest BCUT2D eigenvalue weighted by Gasteiger charge is 2.27. The molecule has 12 nitrogen and oxygen atoms in total. The minimum absolute atomic E-state index is 0.127. The Hall–Kier alpha value is -4.88. The van der Waals surface area contributed by atoms with Crippen molar-refractivity contribution < 1.29 is 36.9 Å². The number of H-pyrrole nitrogens is 1. The molecular weight excluding hydrogens is 636 g/mol. The number of benzene rings is 3.